The maximum absolute atomic E-state index is 11.3. The minimum atomic E-state index is -0.810. The van der Waals surface area contributed by atoms with E-state index in [1.807, 2.05) is 60.7 Å². The minimum Gasteiger partial charge on any atom is -0.487 e. The maximum atomic E-state index is 11.3. The number of nitrogens with zero attached hydrogens (tertiary/aromatic N) is 4. The lowest BCUT2D eigenvalue weighted by atomic mass is 9.91. The third-order valence-corrected chi connectivity index (χ3v) is 5.11. The number of aromatic amines is 1. The number of aromatic nitrogens is 5. The maximum Gasteiger partial charge on any atom is 0.303 e. The number of aryl methyl sites for hydroxylation is 1. The van der Waals surface area contributed by atoms with Crippen LogP contribution in [-0.4, -0.2) is 36.7 Å². The molecule has 0 saturated heterocycles. The van der Waals surface area contributed by atoms with E-state index in [1.165, 1.54) is 0 Å². The standard InChI is InChI=1S/C23H23N5O3/c29-23(30)14-17(8-11-22-25-27-28-26-22)12-16-4-3-6-20(13-16)31-15-19-10-9-18-5-1-2-7-21(18)24-19/h1-7,9-10,13,17H,8,11-12,14-15H2,(H,29,30)(H,25,26,27,28). The number of carbonyl (C=O) groups is 1. The molecule has 2 heterocycles. The average molecular weight is 417 g/mol. The number of tetrazole rings is 1. The average Bonchev–Trinajstić information content (AvgIpc) is 3.30. The van der Waals surface area contributed by atoms with Gasteiger partial charge in [-0.2, -0.15) is 0 Å². The quantitative estimate of drug-likeness (QED) is 0.405. The first-order valence-electron chi connectivity index (χ1n) is 10.2. The number of hydrogen-bond donors (Lipinski definition) is 2. The van der Waals surface area contributed by atoms with Crippen molar-refractivity contribution in [2.24, 2.45) is 5.92 Å². The Balaban J connectivity index is 1.38. The fourth-order valence-corrected chi connectivity index (χ4v) is 3.59. The summed E-state index contributed by atoms with van der Waals surface area (Å²) in [5.74, 6) is 0.562. The molecule has 0 radical (unpaired) electrons. The Kier molecular flexibility index (Phi) is 6.47. The highest BCUT2D eigenvalue weighted by molar-refractivity contribution is 5.78. The summed E-state index contributed by atoms with van der Waals surface area (Å²) in [6.07, 6.45) is 2.01. The second-order valence-electron chi connectivity index (χ2n) is 7.49. The van der Waals surface area contributed by atoms with Crippen LogP contribution in [0.1, 0.15) is 29.9 Å². The van der Waals surface area contributed by atoms with Crippen LogP contribution in [0.4, 0.5) is 0 Å². The summed E-state index contributed by atoms with van der Waals surface area (Å²) in [4.78, 5) is 15.9. The highest BCUT2D eigenvalue weighted by Gasteiger charge is 2.16. The molecule has 2 aromatic heterocycles. The molecule has 31 heavy (non-hydrogen) atoms. The summed E-state index contributed by atoms with van der Waals surface area (Å²) in [5.41, 5.74) is 2.83. The zero-order chi connectivity index (χ0) is 21.5. The van der Waals surface area contributed by atoms with Gasteiger partial charge in [-0.3, -0.25) is 4.79 Å². The second-order valence-corrected chi connectivity index (χ2v) is 7.49. The Hall–Kier alpha value is -3.81. The third-order valence-electron chi connectivity index (χ3n) is 5.11. The van der Waals surface area contributed by atoms with Gasteiger partial charge in [-0.05, 0) is 59.0 Å². The van der Waals surface area contributed by atoms with Crippen LogP contribution in [0.3, 0.4) is 0 Å². The van der Waals surface area contributed by atoms with Crippen molar-refractivity contribution in [2.75, 3.05) is 0 Å². The number of fused-ring (bicyclic) bond motifs is 1. The molecule has 158 valence electrons. The first-order valence-corrected chi connectivity index (χ1v) is 10.2. The Morgan fingerprint density at radius 3 is 2.84 bits per heavy atom. The van der Waals surface area contributed by atoms with Gasteiger partial charge in [-0.15, -0.1) is 5.10 Å². The number of benzene rings is 2. The van der Waals surface area contributed by atoms with Gasteiger partial charge in [0, 0.05) is 18.2 Å². The summed E-state index contributed by atoms with van der Waals surface area (Å²) in [6.45, 7) is 0.366. The summed E-state index contributed by atoms with van der Waals surface area (Å²) in [7, 11) is 0. The van der Waals surface area contributed by atoms with Crippen molar-refractivity contribution >= 4 is 16.9 Å². The summed E-state index contributed by atoms with van der Waals surface area (Å²) >= 11 is 0. The molecule has 0 aliphatic rings. The van der Waals surface area contributed by atoms with Gasteiger partial charge in [-0.25, -0.2) is 10.1 Å². The molecule has 2 aromatic carbocycles. The monoisotopic (exact) mass is 417 g/mol. The van der Waals surface area contributed by atoms with E-state index in [9.17, 15) is 9.90 Å². The second kappa shape index (κ2) is 9.80. The number of nitrogens with one attached hydrogen (secondary N) is 1. The van der Waals surface area contributed by atoms with Crippen LogP contribution in [0.15, 0.2) is 60.7 Å². The first-order chi connectivity index (χ1) is 15.2. The van der Waals surface area contributed by atoms with Gasteiger partial charge in [0.15, 0.2) is 0 Å². The molecule has 0 spiro atoms. The number of H-pyrrole nitrogens is 1. The number of carboxylic acids is 1. The molecule has 1 atom stereocenters. The lowest BCUT2D eigenvalue weighted by Crippen LogP contribution is -2.12. The smallest absolute Gasteiger partial charge is 0.303 e. The van der Waals surface area contributed by atoms with Crippen molar-refractivity contribution < 1.29 is 14.6 Å². The molecular formula is C23H23N5O3. The lowest BCUT2D eigenvalue weighted by Gasteiger charge is -2.15. The van der Waals surface area contributed by atoms with E-state index in [4.69, 9.17) is 4.74 Å². The molecule has 0 bridgehead atoms. The molecular weight excluding hydrogens is 394 g/mol. The minimum absolute atomic E-state index is 0.0278. The Morgan fingerprint density at radius 2 is 2.00 bits per heavy atom. The van der Waals surface area contributed by atoms with Gasteiger partial charge in [-0.1, -0.05) is 36.4 Å². The van der Waals surface area contributed by atoms with Crippen molar-refractivity contribution in [3.8, 4) is 5.75 Å². The fourth-order valence-electron chi connectivity index (χ4n) is 3.59. The SMILES string of the molecule is O=C(O)CC(CCc1nnn[nH]1)Cc1cccc(OCc2ccc3ccccc3n2)c1. The summed E-state index contributed by atoms with van der Waals surface area (Å²) in [5, 5.41) is 24.1. The molecule has 0 amide bonds. The fraction of sp³-hybridized carbons (Fsp3) is 0.261. The molecule has 1 unspecified atom stereocenters. The van der Waals surface area contributed by atoms with Crippen LogP contribution in [0.5, 0.6) is 5.75 Å². The topological polar surface area (TPSA) is 114 Å². The van der Waals surface area contributed by atoms with Crippen LogP contribution in [0.25, 0.3) is 10.9 Å². The molecule has 0 aliphatic carbocycles. The van der Waals surface area contributed by atoms with Gasteiger partial charge in [0.1, 0.15) is 18.2 Å². The van der Waals surface area contributed by atoms with E-state index in [-0.39, 0.29) is 12.3 Å². The van der Waals surface area contributed by atoms with Crippen molar-refractivity contribution in [1.82, 2.24) is 25.6 Å². The molecule has 4 rings (SSSR count). The number of rotatable bonds is 10. The third kappa shape index (κ3) is 5.85. The predicted molar refractivity (Wildman–Crippen MR) is 114 cm³/mol. The molecule has 0 aliphatic heterocycles. The van der Waals surface area contributed by atoms with Gasteiger partial charge in [0.05, 0.1) is 11.2 Å². The van der Waals surface area contributed by atoms with E-state index >= 15 is 0 Å². The molecule has 8 nitrogen and oxygen atoms in total. The zero-order valence-corrected chi connectivity index (χ0v) is 16.9. The molecule has 4 aromatic rings. The highest BCUT2D eigenvalue weighted by Crippen LogP contribution is 2.22. The van der Waals surface area contributed by atoms with E-state index in [1.54, 1.807) is 0 Å². The number of para-hydroxylation sites is 1. The summed E-state index contributed by atoms with van der Waals surface area (Å²) in [6, 6.07) is 19.8. The van der Waals surface area contributed by atoms with E-state index in [0.717, 1.165) is 27.9 Å². The van der Waals surface area contributed by atoms with Crippen molar-refractivity contribution in [2.45, 2.75) is 32.3 Å². The normalized spacial score (nSPS) is 12.0. The van der Waals surface area contributed by atoms with Crippen LogP contribution < -0.4 is 4.74 Å². The predicted octanol–water partition coefficient (Wildman–Crippen LogP) is 3.59. The van der Waals surface area contributed by atoms with Gasteiger partial charge >= 0.3 is 5.97 Å². The van der Waals surface area contributed by atoms with Crippen LogP contribution in [0.2, 0.25) is 0 Å². The lowest BCUT2D eigenvalue weighted by molar-refractivity contribution is -0.138. The van der Waals surface area contributed by atoms with E-state index < -0.39 is 5.97 Å². The Morgan fingerprint density at radius 1 is 1.10 bits per heavy atom. The molecule has 2 N–H and O–H groups in total. The molecule has 8 heteroatoms. The summed E-state index contributed by atoms with van der Waals surface area (Å²) < 4.78 is 5.95. The highest BCUT2D eigenvalue weighted by atomic mass is 16.5. The largest absolute Gasteiger partial charge is 0.487 e. The number of aliphatic carboxylic acids is 1. The van der Waals surface area contributed by atoms with E-state index in [0.29, 0.717) is 31.7 Å². The molecule has 0 fully saturated rings. The Bertz CT molecular complexity index is 1150. The van der Waals surface area contributed by atoms with Crippen LogP contribution in [-0.2, 0) is 24.2 Å². The van der Waals surface area contributed by atoms with Crippen molar-refractivity contribution in [3.63, 3.8) is 0 Å². The van der Waals surface area contributed by atoms with Crippen molar-refractivity contribution in [3.05, 3.63) is 77.7 Å². The number of ether oxygens (including phenoxy) is 1. The molecule has 0 saturated carbocycles. The number of pyridine rings is 1. The number of hydrogen-bond acceptors (Lipinski definition) is 6. The van der Waals surface area contributed by atoms with Gasteiger partial charge < -0.3 is 9.84 Å². The number of carboxylic acid groups (broad SMARTS) is 1. The zero-order valence-electron chi connectivity index (χ0n) is 16.9. The van der Waals surface area contributed by atoms with E-state index in [2.05, 4.69) is 25.6 Å². The van der Waals surface area contributed by atoms with Crippen molar-refractivity contribution in [1.29, 1.82) is 0 Å². The van der Waals surface area contributed by atoms with Gasteiger partial charge in [0.25, 0.3) is 0 Å². The van der Waals surface area contributed by atoms with Crippen LogP contribution >= 0.6 is 0 Å². The first kappa shape index (κ1) is 20.5. The van der Waals surface area contributed by atoms with Crippen LogP contribution in [0, 0.1) is 5.92 Å². The Labute approximate surface area is 179 Å². The van der Waals surface area contributed by atoms with Gasteiger partial charge in [0.2, 0.25) is 0 Å².